The van der Waals surface area contributed by atoms with Gasteiger partial charge in [-0.1, -0.05) is 19.6 Å². The number of carbonyl (C=O) groups is 1. The highest BCUT2D eigenvalue weighted by Crippen LogP contribution is 2.27. The number of ether oxygens (including phenoxy) is 2. The highest BCUT2D eigenvalue weighted by atomic mass is 16.6. The van der Waals surface area contributed by atoms with Crippen LogP contribution in [0.1, 0.15) is 34.6 Å². The molecule has 1 amide bonds. The van der Waals surface area contributed by atoms with E-state index in [-0.39, 0.29) is 25.8 Å². The van der Waals surface area contributed by atoms with Crippen molar-refractivity contribution in [3.8, 4) is 0 Å². The molecule has 0 aromatic heterocycles. The van der Waals surface area contributed by atoms with Gasteiger partial charge in [0.2, 0.25) is 0 Å². The van der Waals surface area contributed by atoms with Crippen LogP contribution in [0, 0.1) is 0 Å². The Labute approximate surface area is 115 Å². The van der Waals surface area contributed by atoms with E-state index < -0.39 is 5.60 Å². The van der Waals surface area contributed by atoms with E-state index in [1.807, 2.05) is 20.8 Å². The normalized spacial score (nSPS) is 27.3. The van der Waals surface area contributed by atoms with Gasteiger partial charge in [-0.05, 0) is 27.2 Å². The third-order valence-corrected chi connectivity index (χ3v) is 3.01. The highest BCUT2D eigenvalue weighted by Gasteiger charge is 2.40. The molecule has 1 N–H and O–H groups in total. The average Bonchev–Trinajstić information content (AvgIpc) is 2.82. The molecule has 5 nitrogen and oxygen atoms in total. The maximum atomic E-state index is 12.2. The van der Waals surface area contributed by atoms with Crippen LogP contribution in [-0.2, 0) is 9.47 Å². The Morgan fingerprint density at radius 1 is 1.53 bits per heavy atom. The van der Waals surface area contributed by atoms with Crippen LogP contribution in [0.25, 0.3) is 0 Å². The molecule has 2 fully saturated rings. The van der Waals surface area contributed by atoms with Crippen LogP contribution < -0.4 is 5.32 Å². The molecule has 2 aliphatic rings. The molecule has 0 saturated carbocycles. The average molecular weight is 270 g/mol. The minimum atomic E-state index is -0.477. The van der Waals surface area contributed by atoms with Crippen LogP contribution in [0.3, 0.4) is 0 Å². The van der Waals surface area contributed by atoms with E-state index in [0.717, 1.165) is 18.5 Å². The molecule has 0 bridgehead atoms. The lowest BCUT2D eigenvalue weighted by Gasteiger charge is -2.30. The molecule has 2 atom stereocenters. The van der Waals surface area contributed by atoms with Gasteiger partial charge >= 0.3 is 6.09 Å². The Morgan fingerprint density at radius 3 is 2.74 bits per heavy atom. The monoisotopic (exact) mass is 270 g/mol. The van der Waals surface area contributed by atoms with Crippen molar-refractivity contribution in [2.24, 2.45) is 0 Å². The lowest BCUT2D eigenvalue weighted by atomic mass is 10.1. The van der Waals surface area contributed by atoms with Gasteiger partial charge in [0.25, 0.3) is 0 Å². The number of likely N-dealkylation sites (tertiary alicyclic amines) is 1. The van der Waals surface area contributed by atoms with Crippen molar-refractivity contribution in [2.75, 3.05) is 19.7 Å². The van der Waals surface area contributed by atoms with Crippen molar-refractivity contribution in [1.29, 1.82) is 0 Å². The van der Waals surface area contributed by atoms with Crippen LogP contribution in [0.5, 0.6) is 0 Å². The first-order valence-corrected chi connectivity index (χ1v) is 6.38. The summed E-state index contributed by atoms with van der Waals surface area (Å²) in [6, 6.07) is -0.00477. The molecule has 2 heterocycles. The standard InChI is InChI=1S/C13H22N2O3.CH4/c1-9-7-10(11-14-5-6-17-11)15(8-9)12(16)18-13(2,3)4;/h10-11,14H,1,5-8H2,2-4H3;1H4. The van der Waals surface area contributed by atoms with E-state index in [4.69, 9.17) is 9.47 Å². The number of amides is 1. The Hall–Kier alpha value is -1.07. The molecular weight excluding hydrogens is 244 g/mol. The summed E-state index contributed by atoms with van der Waals surface area (Å²) in [7, 11) is 0. The van der Waals surface area contributed by atoms with Gasteiger partial charge in [-0.2, -0.15) is 0 Å². The molecule has 19 heavy (non-hydrogen) atoms. The molecule has 0 aliphatic carbocycles. The number of carbonyl (C=O) groups excluding carboxylic acids is 1. The van der Waals surface area contributed by atoms with Crippen molar-refractivity contribution >= 4 is 6.09 Å². The molecule has 2 saturated heterocycles. The summed E-state index contributed by atoms with van der Waals surface area (Å²) < 4.78 is 11.0. The smallest absolute Gasteiger partial charge is 0.410 e. The maximum absolute atomic E-state index is 12.2. The summed E-state index contributed by atoms with van der Waals surface area (Å²) in [5.74, 6) is 0. The number of nitrogens with one attached hydrogen (secondary N) is 1. The lowest BCUT2D eigenvalue weighted by Crippen LogP contribution is -2.48. The predicted molar refractivity (Wildman–Crippen MR) is 75.0 cm³/mol. The van der Waals surface area contributed by atoms with Crippen molar-refractivity contribution in [3.63, 3.8) is 0 Å². The van der Waals surface area contributed by atoms with Gasteiger partial charge in [-0.25, -0.2) is 4.79 Å². The van der Waals surface area contributed by atoms with Crippen LogP contribution in [0.15, 0.2) is 12.2 Å². The molecule has 0 radical (unpaired) electrons. The molecule has 0 spiro atoms. The van der Waals surface area contributed by atoms with Gasteiger partial charge in [-0.15, -0.1) is 0 Å². The topological polar surface area (TPSA) is 50.8 Å². The molecule has 110 valence electrons. The van der Waals surface area contributed by atoms with Gasteiger partial charge in [-0.3, -0.25) is 10.2 Å². The van der Waals surface area contributed by atoms with Crippen molar-refractivity contribution in [2.45, 2.75) is 52.5 Å². The molecule has 5 heteroatoms. The lowest BCUT2D eigenvalue weighted by molar-refractivity contribution is -0.00496. The second-order valence-corrected chi connectivity index (χ2v) is 5.88. The van der Waals surface area contributed by atoms with Gasteiger partial charge < -0.3 is 9.47 Å². The van der Waals surface area contributed by atoms with Crippen LogP contribution in [0.4, 0.5) is 4.79 Å². The summed E-state index contributed by atoms with van der Waals surface area (Å²) in [6.07, 6.45) is 0.386. The number of hydrogen-bond donors (Lipinski definition) is 1. The first-order valence-electron chi connectivity index (χ1n) is 6.38. The van der Waals surface area contributed by atoms with Gasteiger partial charge in [0.15, 0.2) is 0 Å². The first-order chi connectivity index (χ1) is 8.37. The summed E-state index contributed by atoms with van der Waals surface area (Å²) in [5.41, 5.74) is 0.568. The van der Waals surface area contributed by atoms with Gasteiger partial charge in [0.1, 0.15) is 11.8 Å². The van der Waals surface area contributed by atoms with Crippen molar-refractivity contribution in [3.05, 3.63) is 12.2 Å². The Bertz CT molecular complexity index is 343. The van der Waals surface area contributed by atoms with Crippen LogP contribution in [0.2, 0.25) is 0 Å². The molecule has 0 aromatic carbocycles. The van der Waals surface area contributed by atoms with Crippen LogP contribution >= 0.6 is 0 Å². The van der Waals surface area contributed by atoms with Gasteiger partial charge in [0, 0.05) is 13.1 Å². The Kier molecular flexibility index (Phi) is 4.98. The fraction of sp³-hybridized carbons (Fsp3) is 0.786. The molecule has 2 unspecified atom stereocenters. The van der Waals surface area contributed by atoms with E-state index in [0.29, 0.717) is 13.2 Å². The second kappa shape index (κ2) is 5.92. The maximum Gasteiger partial charge on any atom is 0.410 e. The number of nitrogens with zero attached hydrogens (tertiary/aromatic N) is 1. The first kappa shape index (κ1) is 16.0. The molecular formula is C14H26N2O3. The number of rotatable bonds is 1. The van der Waals surface area contributed by atoms with E-state index in [1.165, 1.54) is 0 Å². The van der Waals surface area contributed by atoms with Crippen molar-refractivity contribution < 1.29 is 14.3 Å². The fourth-order valence-electron chi connectivity index (χ4n) is 2.31. The van der Waals surface area contributed by atoms with Crippen LogP contribution in [-0.4, -0.2) is 48.6 Å². The van der Waals surface area contributed by atoms with Crippen molar-refractivity contribution in [1.82, 2.24) is 10.2 Å². The van der Waals surface area contributed by atoms with E-state index >= 15 is 0 Å². The minimum absolute atomic E-state index is 0. The zero-order chi connectivity index (χ0) is 13.3. The quantitative estimate of drug-likeness (QED) is 0.742. The van der Waals surface area contributed by atoms with E-state index in [1.54, 1.807) is 4.90 Å². The minimum Gasteiger partial charge on any atom is -0.444 e. The summed E-state index contributed by atoms with van der Waals surface area (Å²) in [5, 5.41) is 3.25. The highest BCUT2D eigenvalue weighted by molar-refractivity contribution is 5.70. The predicted octanol–water partition coefficient (Wildman–Crippen LogP) is 2.13. The largest absolute Gasteiger partial charge is 0.444 e. The summed E-state index contributed by atoms with van der Waals surface area (Å²) >= 11 is 0. The molecule has 2 aliphatic heterocycles. The zero-order valence-electron chi connectivity index (χ0n) is 11.4. The van der Waals surface area contributed by atoms with E-state index in [9.17, 15) is 4.79 Å². The molecule has 0 aromatic rings. The van der Waals surface area contributed by atoms with Gasteiger partial charge in [0.05, 0.1) is 12.6 Å². The SMILES string of the molecule is C.C=C1CC(C2NCCO2)N(C(=O)OC(C)(C)C)C1. The number of hydrogen-bond acceptors (Lipinski definition) is 4. The Morgan fingerprint density at radius 2 is 2.21 bits per heavy atom. The summed E-state index contributed by atoms with van der Waals surface area (Å²) in [4.78, 5) is 13.9. The summed E-state index contributed by atoms with van der Waals surface area (Å²) in [6.45, 7) is 11.7. The third-order valence-electron chi connectivity index (χ3n) is 3.01. The van der Waals surface area contributed by atoms with E-state index in [2.05, 4.69) is 11.9 Å². The Balaban J connectivity index is 0.00000180. The second-order valence-electron chi connectivity index (χ2n) is 5.88. The molecule has 2 rings (SSSR count). The third kappa shape index (κ3) is 3.94. The fourth-order valence-corrected chi connectivity index (χ4v) is 2.31. The zero-order valence-corrected chi connectivity index (χ0v) is 11.4.